The summed E-state index contributed by atoms with van der Waals surface area (Å²) >= 11 is 5.74. The molecule has 17 heavy (non-hydrogen) atoms. The molecule has 0 aliphatic heterocycles. The number of hydrogen-bond donors (Lipinski definition) is 1. The number of nitrogens with one attached hydrogen (secondary N) is 1. The molecular formula is C11H24ClNO3S. The van der Waals surface area contributed by atoms with E-state index in [9.17, 15) is 8.42 Å². The van der Waals surface area contributed by atoms with E-state index in [4.69, 9.17) is 16.3 Å². The van der Waals surface area contributed by atoms with E-state index >= 15 is 0 Å². The number of rotatable bonds is 9. The minimum absolute atomic E-state index is 0.0172. The maximum absolute atomic E-state index is 11.7. The van der Waals surface area contributed by atoms with E-state index in [1.165, 1.54) is 0 Å². The van der Waals surface area contributed by atoms with Gasteiger partial charge in [0.15, 0.2) is 0 Å². The molecule has 104 valence electrons. The second-order valence-electron chi connectivity index (χ2n) is 4.84. The minimum atomic E-state index is -3.29. The summed E-state index contributed by atoms with van der Waals surface area (Å²) in [5, 5.41) is 0. The van der Waals surface area contributed by atoms with E-state index in [-0.39, 0.29) is 24.5 Å². The van der Waals surface area contributed by atoms with E-state index in [2.05, 4.69) is 4.72 Å². The SMILES string of the molecule is CC(C)CC(CCl)NS(=O)(=O)CCOC(C)C. The summed E-state index contributed by atoms with van der Waals surface area (Å²) in [5.41, 5.74) is 0. The van der Waals surface area contributed by atoms with Gasteiger partial charge in [-0.25, -0.2) is 13.1 Å². The van der Waals surface area contributed by atoms with Gasteiger partial charge in [0.05, 0.1) is 18.5 Å². The van der Waals surface area contributed by atoms with E-state index in [0.29, 0.717) is 11.8 Å². The van der Waals surface area contributed by atoms with Crippen molar-refractivity contribution in [1.82, 2.24) is 4.72 Å². The molecule has 0 bridgehead atoms. The van der Waals surface area contributed by atoms with E-state index in [1.807, 2.05) is 27.7 Å². The van der Waals surface area contributed by atoms with Crippen LogP contribution in [-0.4, -0.2) is 38.8 Å². The summed E-state index contributed by atoms with van der Waals surface area (Å²) in [7, 11) is -3.29. The van der Waals surface area contributed by atoms with Crippen LogP contribution in [0.3, 0.4) is 0 Å². The van der Waals surface area contributed by atoms with Crippen LogP contribution in [-0.2, 0) is 14.8 Å². The summed E-state index contributed by atoms with van der Waals surface area (Å²) in [6.45, 7) is 8.04. The maximum atomic E-state index is 11.7. The largest absolute Gasteiger partial charge is 0.378 e. The van der Waals surface area contributed by atoms with Crippen molar-refractivity contribution in [2.45, 2.75) is 46.3 Å². The molecule has 0 aliphatic carbocycles. The summed E-state index contributed by atoms with van der Waals surface area (Å²) in [6.07, 6.45) is 0.790. The summed E-state index contributed by atoms with van der Waals surface area (Å²) in [5.74, 6) is 0.687. The molecule has 6 heteroatoms. The summed E-state index contributed by atoms with van der Waals surface area (Å²) < 4.78 is 31.3. The van der Waals surface area contributed by atoms with Crippen LogP contribution in [0.2, 0.25) is 0 Å². The normalized spacial score (nSPS) is 14.5. The molecule has 0 aromatic heterocycles. The molecule has 0 saturated carbocycles. The zero-order valence-electron chi connectivity index (χ0n) is 11.1. The second-order valence-corrected chi connectivity index (χ2v) is 7.02. The second kappa shape index (κ2) is 8.29. The molecule has 4 nitrogen and oxygen atoms in total. The first-order valence-electron chi connectivity index (χ1n) is 5.94. The Hall–Kier alpha value is 0.160. The van der Waals surface area contributed by atoms with Crippen LogP contribution in [0.1, 0.15) is 34.1 Å². The topological polar surface area (TPSA) is 55.4 Å². The Morgan fingerprint density at radius 2 is 1.82 bits per heavy atom. The number of alkyl halides is 1. The first kappa shape index (κ1) is 17.2. The predicted molar refractivity (Wildman–Crippen MR) is 72.0 cm³/mol. The third-order valence-corrected chi connectivity index (χ3v) is 3.86. The fourth-order valence-electron chi connectivity index (χ4n) is 1.42. The first-order valence-corrected chi connectivity index (χ1v) is 8.13. The molecule has 0 amide bonds. The molecule has 0 heterocycles. The van der Waals surface area contributed by atoms with Crippen LogP contribution in [0, 0.1) is 5.92 Å². The molecule has 0 saturated heterocycles. The van der Waals surface area contributed by atoms with Crippen molar-refractivity contribution >= 4 is 21.6 Å². The fraction of sp³-hybridized carbons (Fsp3) is 1.00. The molecule has 1 unspecified atom stereocenters. The van der Waals surface area contributed by atoms with Crippen LogP contribution < -0.4 is 4.72 Å². The molecule has 0 radical (unpaired) electrons. The Balaban J connectivity index is 4.13. The average molecular weight is 286 g/mol. The van der Waals surface area contributed by atoms with Crippen LogP contribution in [0.4, 0.5) is 0 Å². The maximum Gasteiger partial charge on any atom is 0.214 e. The monoisotopic (exact) mass is 285 g/mol. The van der Waals surface area contributed by atoms with E-state index in [1.54, 1.807) is 0 Å². The van der Waals surface area contributed by atoms with Gasteiger partial charge >= 0.3 is 0 Å². The van der Waals surface area contributed by atoms with Gasteiger partial charge in [-0.3, -0.25) is 0 Å². The molecule has 0 aromatic rings. The third-order valence-electron chi connectivity index (χ3n) is 2.09. The lowest BCUT2D eigenvalue weighted by Crippen LogP contribution is -2.39. The zero-order chi connectivity index (χ0) is 13.5. The highest BCUT2D eigenvalue weighted by Crippen LogP contribution is 2.07. The number of halogens is 1. The summed E-state index contributed by atoms with van der Waals surface area (Å²) in [4.78, 5) is 0. The van der Waals surface area contributed by atoms with Crippen LogP contribution in [0.25, 0.3) is 0 Å². The molecule has 0 spiro atoms. The van der Waals surface area contributed by atoms with E-state index < -0.39 is 10.0 Å². The average Bonchev–Trinajstić information content (AvgIpc) is 2.14. The molecule has 1 atom stereocenters. The van der Waals surface area contributed by atoms with Crippen molar-refractivity contribution in [3.8, 4) is 0 Å². The van der Waals surface area contributed by atoms with Gasteiger partial charge in [0.1, 0.15) is 0 Å². The Labute approximate surface area is 110 Å². The highest BCUT2D eigenvalue weighted by molar-refractivity contribution is 7.89. The van der Waals surface area contributed by atoms with Gasteiger partial charge in [0.25, 0.3) is 0 Å². The smallest absolute Gasteiger partial charge is 0.214 e. The van der Waals surface area contributed by atoms with Crippen molar-refractivity contribution in [2.75, 3.05) is 18.2 Å². The van der Waals surface area contributed by atoms with Gasteiger partial charge < -0.3 is 4.74 Å². The number of ether oxygens (including phenoxy) is 1. The van der Waals surface area contributed by atoms with E-state index in [0.717, 1.165) is 6.42 Å². The van der Waals surface area contributed by atoms with Crippen molar-refractivity contribution in [3.63, 3.8) is 0 Å². The first-order chi connectivity index (χ1) is 7.76. The van der Waals surface area contributed by atoms with Crippen molar-refractivity contribution < 1.29 is 13.2 Å². The number of hydrogen-bond acceptors (Lipinski definition) is 3. The molecule has 1 N–H and O–H groups in total. The predicted octanol–water partition coefficient (Wildman–Crippen LogP) is 1.98. The van der Waals surface area contributed by atoms with Crippen LogP contribution in [0.5, 0.6) is 0 Å². The highest BCUT2D eigenvalue weighted by Gasteiger charge is 2.18. The van der Waals surface area contributed by atoms with Gasteiger partial charge in [-0.05, 0) is 26.2 Å². The zero-order valence-corrected chi connectivity index (χ0v) is 12.6. The Morgan fingerprint density at radius 1 is 1.24 bits per heavy atom. The van der Waals surface area contributed by atoms with Gasteiger partial charge in [0, 0.05) is 11.9 Å². The number of sulfonamides is 1. The Morgan fingerprint density at radius 3 is 2.24 bits per heavy atom. The van der Waals surface area contributed by atoms with Crippen molar-refractivity contribution in [2.24, 2.45) is 5.92 Å². The lowest BCUT2D eigenvalue weighted by atomic mass is 10.1. The standard InChI is InChI=1S/C11H24ClNO3S/c1-9(2)7-11(8-12)13-17(14,15)6-5-16-10(3)4/h9-11,13H,5-8H2,1-4H3. The molecule has 0 aromatic carbocycles. The van der Waals surface area contributed by atoms with Crippen molar-refractivity contribution in [1.29, 1.82) is 0 Å². The molecule has 0 rings (SSSR count). The molecular weight excluding hydrogens is 262 g/mol. The van der Waals surface area contributed by atoms with Crippen LogP contribution >= 0.6 is 11.6 Å². The third kappa shape index (κ3) is 9.83. The summed E-state index contributed by atoms with van der Waals surface area (Å²) in [6, 6.07) is -0.194. The molecule has 0 fully saturated rings. The fourth-order valence-corrected chi connectivity index (χ4v) is 2.83. The van der Waals surface area contributed by atoms with Gasteiger partial charge in [-0.2, -0.15) is 0 Å². The molecule has 0 aliphatic rings. The quantitative estimate of drug-likeness (QED) is 0.659. The lowest BCUT2D eigenvalue weighted by molar-refractivity contribution is 0.0911. The minimum Gasteiger partial charge on any atom is -0.378 e. The van der Waals surface area contributed by atoms with Gasteiger partial charge in [-0.1, -0.05) is 13.8 Å². The van der Waals surface area contributed by atoms with Crippen molar-refractivity contribution in [3.05, 3.63) is 0 Å². The Bertz CT molecular complexity index is 291. The van der Waals surface area contributed by atoms with Crippen LogP contribution in [0.15, 0.2) is 0 Å². The lowest BCUT2D eigenvalue weighted by Gasteiger charge is -2.18. The highest BCUT2D eigenvalue weighted by atomic mass is 35.5. The Kier molecular flexibility index (Phi) is 8.37. The van der Waals surface area contributed by atoms with Gasteiger partial charge in [0.2, 0.25) is 10.0 Å². The van der Waals surface area contributed by atoms with Gasteiger partial charge in [-0.15, -0.1) is 11.6 Å².